The number of ether oxygens (including phenoxy) is 1. The van der Waals surface area contributed by atoms with Crippen molar-refractivity contribution in [1.82, 2.24) is 24.8 Å². The van der Waals surface area contributed by atoms with Crippen LogP contribution in [0.3, 0.4) is 0 Å². The largest absolute Gasteiger partial charge is 0.487 e. The predicted octanol–water partition coefficient (Wildman–Crippen LogP) is 5.00. The molecule has 4 aliphatic rings. The molecule has 3 atom stereocenters. The van der Waals surface area contributed by atoms with Crippen molar-refractivity contribution < 1.29 is 24.2 Å². The number of nitrogens with zero attached hydrogens (tertiary/aromatic N) is 5. The number of fused-ring (bicyclic) bond motifs is 2. The van der Waals surface area contributed by atoms with Crippen LogP contribution in [0.2, 0.25) is 0 Å². The van der Waals surface area contributed by atoms with E-state index in [0.717, 1.165) is 46.2 Å². The Morgan fingerprint density at radius 1 is 1.02 bits per heavy atom. The fourth-order valence-corrected chi connectivity index (χ4v) is 7.72. The van der Waals surface area contributed by atoms with Gasteiger partial charge in [0.2, 0.25) is 5.91 Å². The van der Waals surface area contributed by atoms with Crippen molar-refractivity contribution in [1.29, 1.82) is 0 Å². The van der Waals surface area contributed by atoms with Gasteiger partial charge in [0.25, 0.3) is 5.91 Å². The molecule has 3 heterocycles. The molecule has 2 aromatic carbocycles. The molecule has 2 aliphatic carbocycles. The summed E-state index contributed by atoms with van der Waals surface area (Å²) >= 11 is 3.74. The van der Waals surface area contributed by atoms with Gasteiger partial charge in [-0.1, -0.05) is 52.2 Å². The average Bonchev–Trinajstić information content (AvgIpc) is 3.65. The Labute approximate surface area is 264 Å². The van der Waals surface area contributed by atoms with Gasteiger partial charge < -0.3 is 19.6 Å². The average molecular weight is 663 g/mol. The van der Waals surface area contributed by atoms with Crippen molar-refractivity contribution in [2.75, 3.05) is 13.1 Å². The summed E-state index contributed by atoms with van der Waals surface area (Å²) in [5, 5.41) is 18.6. The van der Waals surface area contributed by atoms with Gasteiger partial charge in [-0.15, -0.1) is 5.10 Å². The molecule has 1 N–H and O–H groups in total. The third kappa shape index (κ3) is 5.62. The minimum Gasteiger partial charge on any atom is -0.487 e. The molecule has 3 aromatic rings. The highest BCUT2D eigenvalue weighted by Crippen LogP contribution is 2.44. The SMILES string of the molecule is O=C(O)C1CCCCC1C(=O)N1CCc2c(Br)ccc(OCc3cn(CC4CC4)nn3)c2[C@H]1CN1Cc2ccccc2C1=O. The Kier molecular flexibility index (Phi) is 7.90. The molecule has 230 valence electrons. The number of aliphatic carboxylic acids is 1. The number of rotatable bonds is 9. The lowest BCUT2D eigenvalue weighted by molar-refractivity contribution is -0.153. The highest BCUT2D eigenvalue weighted by molar-refractivity contribution is 9.10. The summed E-state index contributed by atoms with van der Waals surface area (Å²) in [6.45, 7) is 2.26. The summed E-state index contributed by atoms with van der Waals surface area (Å²) in [5.41, 5.74) is 4.26. The van der Waals surface area contributed by atoms with Crippen molar-refractivity contribution >= 4 is 33.7 Å². The van der Waals surface area contributed by atoms with Crippen LogP contribution in [-0.4, -0.2) is 60.8 Å². The first-order chi connectivity index (χ1) is 21.4. The van der Waals surface area contributed by atoms with Crippen LogP contribution in [0.25, 0.3) is 0 Å². The third-order valence-electron chi connectivity index (χ3n) is 9.65. The second-order valence-corrected chi connectivity index (χ2v) is 13.4. The van der Waals surface area contributed by atoms with Crippen LogP contribution in [0, 0.1) is 17.8 Å². The van der Waals surface area contributed by atoms with Crippen LogP contribution in [0.1, 0.15) is 77.3 Å². The van der Waals surface area contributed by atoms with Gasteiger partial charge in [-0.3, -0.25) is 19.1 Å². The first-order valence-electron chi connectivity index (χ1n) is 15.6. The number of halogens is 1. The molecule has 0 spiro atoms. The molecule has 44 heavy (non-hydrogen) atoms. The van der Waals surface area contributed by atoms with Gasteiger partial charge in [0.15, 0.2) is 0 Å². The Balaban J connectivity index is 1.22. The number of amides is 2. The lowest BCUT2D eigenvalue weighted by atomic mass is 9.77. The lowest BCUT2D eigenvalue weighted by Gasteiger charge is -2.43. The monoisotopic (exact) mass is 661 g/mol. The van der Waals surface area contributed by atoms with Crippen LogP contribution < -0.4 is 4.74 Å². The van der Waals surface area contributed by atoms with Gasteiger partial charge in [0.1, 0.15) is 18.1 Å². The van der Waals surface area contributed by atoms with E-state index >= 15 is 0 Å². The van der Waals surface area contributed by atoms with E-state index in [4.69, 9.17) is 4.74 Å². The third-order valence-corrected chi connectivity index (χ3v) is 10.4. The summed E-state index contributed by atoms with van der Waals surface area (Å²) in [5.74, 6) is -1.11. The maximum absolute atomic E-state index is 14.3. The van der Waals surface area contributed by atoms with Gasteiger partial charge in [-0.25, -0.2) is 0 Å². The van der Waals surface area contributed by atoms with Gasteiger partial charge in [-0.2, -0.15) is 0 Å². The maximum Gasteiger partial charge on any atom is 0.307 e. The van der Waals surface area contributed by atoms with Crippen molar-refractivity contribution in [3.05, 3.63) is 75.0 Å². The van der Waals surface area contributed by atoms with E-state index in [1.54, 1.807) is 4.90 Å². The molecule has 2 amide bonds. The van der Waals surface area contributed by atoms with E-state index in [0.29, 0.717) is 49.6 Å². The summed E-state index contributed by atoms with van der Waals surface area (Å²) in [6, 6.07) is 11.0. The maximum atomic E-state index is 14.3. The number of aromatic nitrogens is 3. The predicted molar refractivity (Wildman–Crippen MR) is 164 cm³/mol. The summed E-state index contributed by atoms with van der Waals surface area (Å²) < 4.78 is 9.22. The van der Waals surface area contributed by atoms with E-state index in [2.05, 4.69) is 26.2 Å². The molecular weight excluding hydrogens is 626 g/mol. The van der Waals surface area contributed by atoms with E-state index in [1.165, 1.54) is 12.8 Å². The van der Waals surface area contributed by atoms with Crippen molar-refractivity contribution in [3.63, 3.8) is 0 Å². The molecule has 7 rings (SSSR count). The van der Waals surface area contributed by atoms with Crippen LogP contribution >= 0.6 is 15.9 Å². The number of benzene rings is 2. The van der Waals surface area contributed by atoms with Crippen molar-refractivity contribution in [3.8, 4) is 5.75 Å². The van der Waals surface area contributed by atoms with E-state index in [1.807, 2.05) is 52.2 Å². The summed E-state index contributed by atoms with van der Waals surface area (Å²) in [4.78, 5) is 43.7. The minimum atomic E-state index is -0.913. The normalized spacial score (nSPS) is 22.9. The number of carboxylic acid groups (broad SMARTS) is 1. The second-order valence-electron chi connectivity index (χ2n) is 12.6. The standard InChI is InChI=1S/C33H36BrN5O5/c34-27-11-12-29(44-19-22-17-38(36-35-22)15-20-9-10-20)30-26(27)13-14-39(32(41)24-7-3-4-8-25(24)33(42)43)28(30)18-37-16-21-5-1-2-6-23(21)31(37)40/h1-2,5-6,11-12,17,20,24-25,28H,3-4,7-10,13-16,18-19H2,(H,42,43)/t24?,25?,28-/m1/s1. The fraction of sp³-hybridized carbons (Fsp3) is 0.485. The second kappa shape index (κ2) is 12.0. The van der Waals surface area contributed by atoms with Crippen LogP contribution in [0.15, 0.2) is 47.1 Å². The fourth-order valence-electron chi connectivity index (χ4n) is 7.18. The van der Waals surface area contributed by atoms with Crippen LogP contribution in [-0.2, 0) is 35.7 Å². The quantitative estimate of drug-likeness (QED) is 0.343. The van der Waals surface area contributed by atoms with Gasteiger partial charge in [0, 0.05) is 41.8 Å². The van der Waals surface area contributed by atoms with Crippen LogP contribution in [0.5, 0.6) is 5.75 Å². The van der Waals surface area contributed by atoms with Gasteiger partial charge >= 0.3 is 5.97 Å². The van der Waals surface area contributed by atoms with Crippen molar-refractivity contribution in [2.45, 2.75) is 70.7 Å². The van der Waals surface area contributed by atoms with E-state index in [9.17, 15) is 19.5 Å². The molecule has 2 saturated carbocycles. The molecule has 0 bridgehead atoms. The molecule has 10 nitrogen and oxygen atoms in total. The number of carbonyl (C=O) groups excluding carboxylic acids is 2. The topological polar surface area (TPSA) is 118 Å². The zero-order chi connectivity index (χ0) is 30.4. The van der Waals surface area contributed by atoms with Crippen LogP contribution in [0.4, 0.5) is 0 Å². The molecule has 2 fully saturated rings. The zero-order valence-electron chi connectivity index (χ0n) is 24.5. The lowest BCUT2D eigenvalue weighted by Crippen LogP contribution is -2.50. The first-order valence-corrected chi connectivity index (χ1v) is 16.4. The highest BCUT2D eigenvalue weighted by atomic mass is 79.9. The van der Waals surface area contributed by atoms with Gasteiger partial charge in [0.05, 0.1) is 24.1 Å². The number of hydrogen-bond acceptors (Lipinski definition) is 6. The molecular formula is C33H36BrN5O5. The number of carboxylic acids is 1. The Hall–Kier alpha value is -3.73. The molecule has 2 aliphatic heterocycles. The summed E-state index contributed by atoms with van der Waals surface area (Å²) in [6.07, 6.45) is 7.66. The smallest absolute Gasteiger partial charge is 0.307 e. The Morgan fingerprint density at radius 3 is 2.59 bits per heavy atom. The van der Waals surface area contributed by atoms with E-state index < -0.39 is 23.8 Å². The Morgan fingerprint density at radius 2 is 1.82 bits per heavy atom. The van der Waals surface area contributed by atoms with E-state index in [-0.39, 0.29) is 25.0 Å². The number of hydrogen-bond donors (Lipinski definition) is 1. The Bertz CT molecular complexity index is 1600. The van der Waals surface area contributed by atoms with Crippen molar-refractivity contribution in [2.24, 2.45) is 17.8 Å². The molecule has 0 radical (unpaired) electrons. The molecule has 11 heteroatoms. The molecule has 2 unspecified atom stereocenters. The van der Waals surface area contributed by atoms with Gasteiger partial charge in [-0.05, 0) is 67.3 Å². The summed E-state index contributed by atoms with van der Waals surface area (Å²) in [7, 11) is 0. The molecule has 0 saturated heterocycles. The first kappa shape index (κ1) is 29.0. The zero-order valence-corrected chi connectivity index (χ0v) is 26.1. The molecule has 1 aromatic heterocycles. The minimum absolute atomic E-state index is 0.0639. The number of carbonyl (C=O) groups is 3. The highest BCUT2D eigenvalue weighted by Gasteiger charge is 2.44.